The van der Waals surface area contributed by atoms with Gasteiger partial charge in [-0.3, -0.25) is 4.79 Å². The molecule has 1 amide bonds. The predicted octanol–water partition coefficient (Wildman–Crippen LogP) is 1.49. The van der Waals surface area contributed by atoms with Gasteiger partial charge in [0, 0.05) is 0 Å². The minimum atomic E-state index is -3.70. The molecular formula is C13H13NO3S. The van der Waals surface area contributed by atoms with Crippen LogP contribution in [0.15, 0.2) is 47.4 Å². The Labute approximate surface area is 105 Å². The molecule has 94 valence electrons. The lowest BCUT2D eigenvalue weighted by Gasteiger charge is -2.10. The molecule has 4 nitrogen and oxygen atoms in total. The van der Waals surface area contributed by atoms with Crippen molar-refractivity contribution < 1.29 is 13.2 Å². The number of nitrogens with two attached hydrogens (primary N) is 1. The molecule has 0 radical (unpaired) electrons. The van der Waals surface area contributed by atoms with Crippen molar-refractivity contribution in [2.24, 2.45) is 5.73 Å². The van der Waals surface area contributed by atoms with Crippen LogP contribution in [-0.4, -0.2) is 19.6 Å². The molecular weight excluding hydrogens is 250 g/mol. The van der Waals surface area contributed by atoms with Crippen LogP contribution in [0.25, 0.3) is 10.8 Å². The molecule has 2 aromatic carbocycles. The van der Waals surface area contributed by atoms with Crippen LogP contribution < -0.4 is 5.73 Å². The van der Waals surface area contributed by atoms with Gasteiger partial charge < -0.3 is 5.73 Å². The number of hydrogen-bond donors (Lipinski definition) is 1. The summed E-state index contributed by atoms with van der Waals surface area (Å²) >= 11 is 0. The van der Waals surface area contributed by atoms with E-state index in [4.69, 9.17) is 5.73 Å². The Morgan fingerprint density at radius 3 is 2.33 bits per heavy atom. The van der Waals surface area contributed by atoms with E-state index in [9.17, 15) is 13.2 Å². The molecule has 0 aromatic heterocycles. The number of benzene rings is 2. The molecule has 0 aliphatic rings. The van der Waals surface area contributed by atoms with Gasteiger partial charge in [-0.05, 0) is 29.8 Å². The first-order chi connectivity index (χ1) is 8.43. The highest BCUT2D eigenvalue weighted by Crippen LogP contribution is 2.22. The van der Waals surface area contributed by atoms with Crippen LogP contribution in [-0.2, 0) is 14.6 Å². The van der Waals surface area contributed by atoms with Crippen LogP contribution in [0.4, 0.5) is 0 Å². The highest BCUT2D eigenvalue weighted by Gasteiger charge is 2.27. The number of fused-ring (bicyclic) bond motifs is 1. The second-order valence-corrected chi connectivity index (χ2v) is 6.37. The largest absolute Gasteiger partial charge is 0.369 e. The second kappa shape index (κ2) is 4.42. The van der Waals surface area contributed by atoms with Gasteiger partial charge in [-0.1, -0.05) is 30.3 Å². The van der Waals surface area contributed by atoms with Gasteiger partial charge in [0.15, 0.2) is 9.84 Å². The standard InChI is InChI=1S/C13H13NO3S/c1-9(13(14)15)18(16,17)12-7-6-10-4-2-3-5-11(10)8-12/h2-9H,1H3,(H2,14,15). The molecule has 2 N–H and O–H groups in total. The highest BCUT2D eigenvalue weighted by molar-refractivity contribution is 7.92. The molecule has 0 aliphatic heterocycles. The molecule has 0 fully saturated rings. The average molecular weight is 263 g/mol. The smallest absolute Gasteiger partial charge is 0.235 e. The Morgan fingerprint density at radius 2 is 1.72 bits per heavy atom. The fourth-order valence-corrected chi connectivity index (χ4v) is 2.96. The van der Waals surface area contributed by atoms with Gasteiger partial charge in [-0.25, -0.2) is 8.42 Å². The van der Waals surface area contributed by atoms with Gasteiger partial charge in [0.1, 0.15) is 5.25 Å². The van der Waals surface area contributed by atoms with Gasteiger partial charge in [0.25, 0.3) is 0 Å². The SMILES string of the molecule is CC(C(N)=O)S(=O)(=O)c1ccc2ccccc2c1. The first-order valence-corrected chi connectivity index (χ1v) is 6.99. The zero-order chi connectivity index (χ0) is 13.3. The molecule has 2 aromatic rings. The topological polar surface area (TPSA) is 77.2 Å². The van der Waals surface area contributed by atoms with E-state index in [0.29, 0.717) is 0 Å². The summed E-state index contributed by atoms with van der Waals surface area (Å²) in [5.41, 5.74) is 5.05. The Kier molecular flexibility index (Phi) is 3.09. The molecule has 0 aliphatic carbocycles. The Bertz CT molecular complexity index is 707. The van der Waals surface area contributed by atoms with Gasteiger partial charge >= 0.3 is 0 Å². The van der Waals surface area contributed by atoms with Gasteiger partial charge in [0.05, 0.1) is 4.90 Å². The van der Waals surface area contributed by atoms with Gasteiger partial charge in [-0.2, -0.15) is 0 Å². The van der Waals surface area contributed by atoms with Crippen molar-refractivity contribution in [1.29, 1.82) is 0 Å². The minimum Gasteiger partial charge on any atom is -0.369 e. The van der Waals surface area contributed by atoms with Crippen molar-refractivity contribution in [1.82, 2.24) is 0 Å². The van der Waals surface area contributed by atoms with Crippen LogP contribution in [0.5, 0.6) is 0 Å². The van der Waals surface area contributed by atoms with Crippen LogP contribution in [0.1, 0.15) is 6.92 Å². The Hall–Kier alpha value is -1.88. The van der Waals surface area contributed by atoms with Crippen LogP contribution in [0.2, 0.25) is 0 Å². The third kappa shape index (κ3) is 2.09. The average Bonchev–Trinajstić information content (AvgIpc) is 2.37. The van der Waals surface area contributed by atoms with E-state index in [0.717, 1.165) is 10.8 Å². The van der Waals surface area contributed by atoms with Gasteiger partial charge in [-0.15, -0.1) is 0 Å². The molecule has 5 heteroatoms. The lowest BCUT2D eigenvalue weighted by atomic mass is 10.1. The fraction of sp³-hybridized carbons (Fsp3) is 0.154. The first kappa shape index (κ1) is 12.6. The number of primary amides is 1. The first-order valence-electron chi connectivity index (χ1n) is 5.45. The third-order valence-corrected chi connectivity index (χ3v) is 4.99. The quantitative estimate of drug-likeness (QED) is 0.911. The summed E-state index contributed by atoms with van der Waals surface area (Å²) in [6.07, 6.45) is 0. The summed E-state index contributed by atoms with van der Waals surface area (Å²) in [6.45, 7) is 1.30. The summed E-state index contributed by atoms with van der Waals surface area (Å²) in [4.78, 5) is 11.1. The molecule has 1 atom stereocenters. The van der Waals surface area contributed by atoms with E-state index < -0.39 is 21.0 Å². The molecule has 2 rings (SSSR count). The van der Waals surface area contributed by atoms with Crippen molar-refractivity contribution in [3.05, 3.63) is 42.5 Å². The number of sulfone groups is 1. The van der Waals surface area contributed by atoms with Crippen molar-refractivity contribution in [3.8, 4) is 0 Å². The van der Waals surface area contributed by atoms with E-state index in [1.807, 2.05) is 24.3 Å². The van der Waals surface area contributed by atoms with E-state index in [1.165, 1.54) is 13.0 Å². The van der Waals surface area contributed by atoms with Crippen LogP contribution >= 0.6 is 0 Å². The summed E-state index contributed by atoms with van der Waals surface area (Å²) in [6, 6.07) is 12.2. The monoisotopic (exact) mass is 263 g/mol. The van der Waals surface area contributed by atoms with Crippen molar-refractivity contribution >= 4 is 26.5 Å². The third-order valence-electron chi connectivity index (χ3n) is 2.92. The molecule has 1 unspecified atom stereocenters. The zero-order valence-corrected chi connectivity index (χ0v) is 10.6. The van der Waals surface area contributed by atoms with E-state index in [2.05, 4.69) is 0 Å². The van der Waals surface area contributed by atoms with Crippen molar-refractivity contribution in [2.45, 2.75) is 17.1 Å². The minimum absolute atomic E-state index is 0.118. The maximum absolute atomic E-state index is 12.1. The van der Waals surface area contributed by atoms with Crippen LogP contribution in [0, 0.1) is 0 Å². The number of amides is 1. The summed E-state index contributed by atoms with van der Waals surface area (Å²) in [7, 11) is -3.70. The Balaban J connectivity index is 2.58. The van der Waals surface area contributed by atoms with E-state index in [-0.39, 0.29) is 4.90 Å². The van der Waals surface area contributed by atoms with Crippen molar-refractivity contribution in [3.63, 3.8) is 0 Å². The van der Waals surface area contributed by atoms with Crippen LogP contribution in [0.3, 0.4) is 0 Å². The summed E-state index contributed by atoms with van der Waals surface area (Å²) < 4.78 is 24.2. The maximum Gasteiger partial charge on any atom is 0.235 e. The molecule has 0 heterocycles. The van der Waals surface area contributed by atoms with Gasteiger partial charge in [0.2, 0.25) is 5.91 Å². The zero-order valence-electron chi connectivity index (χ0n) is 9.83. The van der Waals surface area contributed by atoms with Crippen molar-refractivity contribution in [2.75, 3.05) is 0 Å². The maximum atomic E-state index is 12.1. The predicted molar refractivity (Wildman–Crippen MR) is 69.8 cm³/mol. The van der Waals surface area contributed by atoms with E-state index in [1.54, 1.807) is 12.1 Å². The lowest BCUT2D eigenvalue weighted by molar-refractivity contribution is -0.117. The number of carbonyl (C=O) groups excluding carboxylic acids is 1. The number of hydrogen-bond acceptors (Lipinski definition) is 3. The molecule has 0 spiro atoms. The lowest BCUT2D eigenvalue weighted by Crippen LogP contribution is -2.33. The number of carbonyl (C=O) groups is 1. The molecule has 18 heavy (non-hydrogen) atoms. The molecule has 0 bridgehead atoms. The van der Waals surface area contributed by atoms with E-state index >= 15 is 0 Å². The normalized spacial score (nSPS) is 13.4. The second-order valence-electron chi connectivity index (χ2n) is 4.10. The summed E-state index contributed by atoms with van der Waals surface area (Å²) in [5.74, 6) is -0.844. The molecule has 0 saturated carbocycles. The fourth-order valence-electron chi connectivity index (χ4n) is 1.70. The summed E-state index contributed by atoms with van der Waals surface area (Å²) in [5, 5.41) is 0.539. The highest BCUT2D eigenvalue weighted by atomic mass is 32.2. The number of rotatable bonds is 3. The Morgan fingerprint density at radius 1 is 1.11 bits per heavy atom. The molecule has 0 saturated heterocycles.